The first-order valence-electron chi connectivity index (χ1n) is 10.6. The fraction of sp³-hybridized carbons (Fsp3) is 0.417. The predicted octanol–water partition coefficient (Wildman–Crippen LogP) is 4.27. The molecule has 1 aliphatic heterocycles. The van der Waals surface area contributed by atoms with E-state index in [0.29, 0.717) is 24.0 Å². The van der Waals surface area contributed by atoms with Crippen molar-refractivity contribution in [1.82, 2.24) is 4.90 Å². The standard InChI is InChI=1S/C24H30FN3O3/c1-16-7-9-20(12-17(16)2)31-15-24(30)27-22-13-19(8-10-21(22)25)26-23(29)14-28-11-5-4-6-18(28)3/h7-10,12-13,18H,4-6,11,14-15H2,1-3H3,(H,26,29)(H,27,30)/t18-/m0/s1. The quantitative estimate of drug-likeness (QED) is 0.692. The molecule has 2 N–H and O–H groups in total. The van der Waals surface area contributed by atoms with Crippen molar-refractivity contribution in [3.63, 3.8) is 0 Å². The van der Waals surface area contributed by atoms with Gasteiger partial charge in [-0.15, -0.1) is 0 Å². The Balaban J connectivity index is 1.55. The summed E-state index contributed by atoms with van der Waals surface area (Å²) < 4.78 is 19.7. The van der Waals surface area contributed by atoms with Crippen molar-refractivity contribution < 1.29 is 18.7 Å². The number of halogens is 1. The van der Waals surface area contributed by atoms with Crippen molar-refractivity contribution in [3.8, 4) is 5.75 Å². The highest BCUT2D eigenvalue weighted by atomic mass is 19.1. The number of benzene rings is 2. The summed E-state index contributed by atoms with van der Waals surface area (Å²) in [6, 6.07) is 10.0. The highest BCUT2D eigenvalue weighted by molar-refractivity contribution is 5.95. The smallest absolute Gasteiger partial charge is 0.262 e. The summed E-state index contributed by atoms with van der Waals surface area (Å²) in [5.74, 6) is -0.646. The van der Waals surface area contributed by atoms with Crippen LogP contribution in [-0.4, -0.2) is 42.5 Å². The molecule has 1 fully saturated rings. The lowest BCUT2D eigenvalue weighted by Gasteiger charge is -2.32. The fourth-order valence-corrected chi connectivity index (χ4v) is 3.62. The number of hydrogen-bond donors (Lipinski definition) is 2. The summed E-state index contributed by atoms with van der Waals surface area (Å²) in [4.78, 5) is 26.8. The Kier molecular flexibility index (Phi) is 7.63. The van der Waals surface area contributed by atoms with Crippen molar-refractivity contribution in [2.24, 2.45) is 0 Å². The molecule has 0 spiro atoms. The molecule has 0 unspecified atom stereocenters. The number of carbonyl (C=O) groups excluding carboxylic acids is 2. The maximum absolute atomic E-state index is 14.2. The molecule has 0 saturated carbocycles. The van der Waals surface area contributed by atoms with Gasteiger partial charge in [-0.05, 0) is 81.6 Å². The molecule has 2 aromatic carbocycles. The Labute approximate surface area is 182 Å². The average molecular weight is 428 g/mol. The third-order valence-electron chi connectivity index (χ3n) is 5.66. The summed E-state index contributed by atoms with van der Waals surface area (Å²) in [5.41, 5.74) is 2.62. The number of amides is 2. The minimum atomic E-state index is -0.581. The van der Waals surface area contributed by atoms with Crippen LogP contribution in [0, 0.1) is 19.7 Å². The Morgan fingerprint density at radius 3 is 2.61 bits per heavy atom. The van der Waals surface area contributed by atoms with Crippen molar-refractivity contribution >= 4 is 23.2 Å². The van der Waals surface area contributed by atoms with Gasteiger partial charge in [0.05, 0.1) is 12.2 Å². The molecule has 1 heterocycles. The number of likely N-dealkylation sites (tertiary alicyclic amines) is 1. The molecule has 0 radical (unpaired) electrons. The summed E-state index contributed by atoms with van der Waals surface area (Å²) in [5, 5.41) is 5.30. The molecule has 0 bridgehead atoms. The number of rotatable bonds is 7. The van der Waals surface area contributed by atoms with Crippen LogP contribution >= 0.6 is 0 Å². The molecule has 166 valence electrons. The molecule has 2 aromatic rings. The molecule has 31 heavy (non-hydrogen) atoms. The molecule has 1 atom stereocenters. The maximum atomic E-state index is 14.2. The van der Waals surface area contributed by atoms with Gasteiger partial charge in [0, 0.05) is 11.7 Å². The SMILES string of the molecule is Cc1ccc(OCC(=O)Nc2cc(NC(=O)CN3CCCC[C@@H]3C)ccc2F)cc1C. The second-order valence-corrected chi connectivity index (χ2v) is 8.14. The van der Waals surface area contributed by atoms with Crippen LogP contribution in [-0.2, 0) is 9.59 Å². The van der Waals surface area contributed by atoms with E-state index in [-0.39, 0.29) is 18.2 Å². The first kappa shape index (κ1) is 22.7. The molecular weight excluding hydrogens is 397 g/mol. The number of ether oxygens (including phenoxy) is 1. The summed E-state index contributed by atoms with van der Waals surface area (Å²) in [7, 11) is 0. The molecule has 1 aliphatic rings. The lowest BCUT2D eigenvalue weighted by molar-refractivity contribution is -0.118. The Bertz CT molecular complexity index is 948. The van der Waals surface area contributed by atoms with Crippen molar-refractivity contribution in [1.29, 1.82) is 0 Å². The molecule has 3 rings (SSSR count). The van der Waals surface area contributed by atoms with E-state index in [1.54, 1.807) is 6.07 Å². The van der Waals surface area contributed by atoms with E-state index in [0.717, 1.165) is 30.5 Å². The normalized spacial score (nSPS) is 16.6. The van der Waals surface area contributed by atoms with Crippen LogP contribution in [0.2, 0.25) is 0 Å². The van der Waals surface area contributed by atoms with Gasteiger partial charge in [-0.3, -0.25) is 14.5 Å². The lowest BCUT2D eigenvalue weighted by atomic mass is 10.0. The summed E-state index contributed by atoms with van der Waals surface area (Å²) in [6.07, 6.45) is 3.37. The third kappa shape index (κ3) is 6.52. The first-order valence-corrected chi connectivity index (χ1v) is 10.6. The minimum absolute atomic E-state index is 0.00201. The lowest BCUT2D eigenvalue weighted by Crippen LogP contribution is -2.42. The minimum Gasteiger partial charge on any atom is -0.484 e. The monoisotopic (exact) mass is 427 g/mol. The Morgan fingerprint density at radius 2 is 1.87 bits per heavy atom. The maximum Gasteiger partial charge on any atom is 0.262 e. The zero-order chi connectivity index (χ0) is 22.4. The zero-order valence-corrected chi connectivity index (χ0v) is 18.3. The van der Waals surface area contributed by atoms with Crippen molar-refractivity contribution in [3.05, 3.63) is 53.3 Å². The van der Waals surface area contributed by atoms with Gasteiger partial charge in [-0.2, -0.15) is 0 Å². The highest BCUT2D eigenvalue weighted by Crippen LogP contribution is 2.21. The van der Waals surface area contributed by atoms with Gasteiger partial charge in [0.2, 0.25) is 5.91 Å². The van der Waals surface area contributed by atoms with E-state index < -0.39 is 11.7 Å². The van der Waals surface area contributed by atoms with E-state index in [1.807, 2.05) is 26.0 Å². The highest BCUT2D eigenvalue weighted by Gasteiger charge is 2.20. The average Bonchev–Trinajstić information content (AvgIpc) is 2.73. The van der Waals surface area contributed by atoms with E-state index in [2.05, 4.69) is 22.5 Å². The van der Waals surface area contributed by atoms with Crippen molar-refractivity contribution in [2.45, 2.75) is 46.1 Å². The number of carbonyl (C=O) groups is 2. The summed E-state index contributed by atoms with van der Waals surface area (Å²) in [6.45, 7) is 7.03. The van der Waals surface area contributed by atoms with Gasteiger partial charge < -0.3 is 15.4 Å². The number of aryl methyl sites for hydroxylation is 2. The topological polar surface area (TPSA) is 70.7 Å². The molecule has 6 nitrogen and oxygen atoms in total. The van der Waals surface area contributed by atoms with Crippen molar-refractivity contribution in [2.75, 3.05) is 30.3 Å². The van der Waals surface area contributed by atoms with E-state index in [1.165, 1.54) is 24.6 Å². The fourth-order valence-electron chi connectivity index (χ4n) is 3.62. The van der Waals surface area contributed by atoms with Gasteiger partial charge in [0.25, 0.3) is 5.91 Å². The van der Waals surface area contributed by atoms with Crippen LogP contribution < -0.4 is 15.4 Å². The van der Waals surface area contributed by atoms with E-state index >= 15 is 0 Å². The van der Waals surface area contributed by atoms with Gasteiger partial charge in [0.15, 0.2) is 6.61 Å². The predicted molar refractivity (Wildman–Crippen MR) is 120 cm³/mol. The Morgan fingerprint density at radius 1 is 1.06 bits per heavy atom. The molecule has 0 aromatic heterocycles. The molecule has 2 amide bonds. The molecule has 7 heteroatoms. The van der Waals surface area contributed by atoms with Gasteiger partial charge in [-0.1, -0.05) is 12.5 Å². The van der Waals surface area contributed by atoms with Gasteiger partial charge in [0.1, 0.15) is 11.6 Å². The van der Waals surface area contributed by atoms with Gasteiger partial charge in [-0.25, -0.2) is 4.39 Å². The molecule has 0 aliphatic carbocycles. The van der Waals surface area contributed by atoms with Crippen LogP contribution in [0.25, 0.3) is 0 Å². The molecule has 1 saturated heterocycles. The van der Waals surface area contributed by atoms with Crippen LogP contribution in [0.4, 0.5) is 15.8 Å². The second-order valence-electron chi connectivity index (χ2n) is 8.14. The van der Waals surface area contributed by atoms with E-state index in [9.17, 15) is 14.0 Å². The second kappa shape index (κ2) is 10.4. The van der Waals surface area contributed by atoms with Crippen LogP contribution in [0.1, 0.15) is 37.3 Å². The van der Waals surface area contributed by atoms with Gasteiger partial charge >= 0.3 is 0 Å². The third-order valence-corrected chi connectivity index (χ3v) is 5.66. The van der Waals surface area contributed by atoms with Crippen LogP contribution in [0.5, 0.6) is 5.75 Å². The largest absolute Gasteiger partial charge is 0.484 e. The summed E-state index contributed by atoms with van der Waals surface area (Å²) >= 11 is 0. The number of nitrogens with zero attached hydrogens (tertiary/aromatic N) is 1. The number of anilines is 2. The first-order chi connectivity index (χ1) is 14.8. The number of piperidine rings is 1. The van der Waals surface area contributed by atoms with Crippen LogP contribution in [0.15, 0.2) is 36.4 Å². The van der Waals surface area contributed by atoms with E-state index in [4.69, 9.17) is 4.74 Å². The molecular formula is C24H30FN3O3. The Hall–Kier alpha value is -2.93. The number of hydrogen-bond acceptors (Lipinski definition) is 4. The zero-order valence-electron chi connectivity index (χ0n) is 18.3. The van der Waals surface area contributed by atoms with Crippen LogP contribution in [0.3, 0.4) is 0 Å². The number of nitrogens with one attached hydrogen (secondary N) is 2.